The molecule has 0 unspecified atom stereocenters. The van der Waals surface area contributed by atoms with Crippen molar-refractivity contribution in [3.63, 3.8) is 0 Å². The van der Waals surface area contributed by atoms with E-state index in [1.165, 1.54) is 4.90 Å². The molecule has 0 spiro atoms. The summed E-state index contributed by atoms with van der Waals surface area (Å²) in [4.78, 5) is 24.5. The molecule has 1 saturated heterocycles. The second-order valence-electron chi connectivity index (χ2n) is 3.70. The lowest BCUT2D eigenvalue weighted by atomic mass is 10.1. The lowest BCUT2D eigenvalue weighted by Crippen LogP contribution is -2.51. The van der Waals surface area contributed by atoms with Crippen LogP contribution in [0.4, 0.5) is 0 Å². The first-order chi connectivity index (χ1) is 8.20. The van der Waals surface area contributed by atoms with Gasteiger partial charge in [-0.15, -0.1) is 0 Å². The number of piperazine rings is 1. The van der Waals surface area contributed by atoms with Crippen molar-refractivity contribution in [2.45, 2.75) is 0 Å². The summed E-state index contributed by atoms with van der Waals surface area (Å²) in [5, 5.41) is 2.55. The summed E-state index contributed by atoms with van der Waals surface area (Å²) in [5.74, 6) is -0.479. The van der Waals surface area contributed by atoms with Crippen molar-refractivity contribution in [1.82, 2.24) is 10.2 Å². The highest BCUT2D eigenvalue weighted by molar-refractivity contribution is 6.05. The van der Waals surface area contributed by atoms with E-state index in [1.807, 2.05) is 30.3 Å². The van der Waals surface area contributed by atoms with E-state index >= 15 is 0 Å². The number of carbonyl (C=O) groups is 2. The van der Waals surface area contributed by atoms with Crippen molar-refractivity contribution in [3.8, 4) is 0 Å². The number of nitrogens with zero attached hydrogens (tertiary/aromatic N) is 1. The summed E-state index contributed by atoms with van der Waals surface area (Å²) in [6.45, 7) is 0.0554. The predicted octanol–water partition coefficient (Wildman–Crippen LogP) is -0.0979. The fourth-order valence-corrected chi connectivity index (χ4v) is 1.62. The minimum absolute atomic E-state index is 0.0153. The molecule has 0 aromatic heterocycles. The Labute approximate surface area is 98.9 Å². The molecule has 5 nitrogen and oxygen atoms in total. The Morgan fingerprint density at radius 1 is 1.29 bits per heavy atom. The Hall–Kier alpha value is -2.14. The Morgan fingerprint density at radius 3 is 2.65 bits per heavy atom. The molecule has 0 bridgehead atoms. The molecule has 0 aliphatic carbocycles. The highest BCUT2D eigenvalue weighted by Gasteiger charge is 2.26. The Morgan fingerprint density at radius 2 is 2.00 bits per heavy atom. The molecular formula is C12H13N3O2. The van der Waals surface area contributed by atoms with Gasteiger partial charge in [0.1, 0.15) is 12.2 Å². The third kappa shape index (κ3) is 2.51. The molecule has 1 heterocycles. The summed E-state index contributed by atoms with van der Waals surface area (Å²) < 4.78 is 0. The van der Waals surface area contributed by atoms with Gasteiger partial charge in [0.15, 0.2) is 0 Å². The van der Waals surface area contributed by atoms with Gasteiger partial charge in [0.2, 0.25) is 5.91 Å². The van der Waals surface area contributed by atoms with Gasteiger partial charge in [-0.2, -0.15) is 0 Å². The highest BCUT2D eigenvalue weighted by Crippen LogP contribution is 2.10. The van der Waals surface area contributed by atoms with Crippen molar-refractivity contribution < 1.29 is 9.59 Å². The van der Waals surface area contributed by atoms with E-state index in [-0.39, 0.29) is 30.7 Å². The minimum Gasteiger partial charge on any atom is -0.320 e. The SMILES string of the molecule is NCN1CC(=O)NC(=Cc2ccccc2)C1=O. The molecule has 17 heavy (non-hydrogen) atoms. The van der Waals surface area contributed by atoms with Crippen LogP contribution in [0.1, 0.15) is 5.56 Å². The number of benzene rings is 1. The van der Waals surface area contributed by atoms with Crippen LogP contribution in [0.2, 0.25) is 0 Å². The molecule has 88 valence electrons. The summed E-state index contributed by atoms with van der Waals surface area (Å²) in [6, 6.07) is 9.32. The molecule has 1 aliphatic heterocycles. The van der Waals surface area contributed by atoms with Gasteiger partial charge < -0.3 is 16.0 Å². The number of amides is 2. The average Bonchev–Trinajstić information content (AvgIpc) is 2.34. The van der Waals surface area contributed by atoms with Crippen molar-refractivity contribution in [2.75, 3.05) is 13.2 Å². The lowest BCUT2D eigenvalue weighted by molar-refractivity contribution is -0.137. The standard InChI is InChI=1S/C12H13N3O2/c13-8-15-7-11(16)14-10(12(15)17)6-9-4-2-1-3-5-9/h1-6H,7-8,13H2,(H,14,16). The maximum atomic E-state index is 11.9. The van der Waals surface area contributed by atoms with Gasteiger partial charge in [-0.3, -0.25) is 9.59 Å². The maximum Gasteiger partial charge on any atom is 0.271 e. The van der Waals surface area contributed by atoms with E-state index < -0.39 is 0 Å². The van der Waals surface area contributed by atoms with Crippen LogP contribution in [0.25, 0.3) is 6.08 Å². The van der Waals surface area contributed by atoms with Crippen LogP contribution in [0.5, 0.6) is 0 Å². The van der Waals surface area contributed by atoms with Crippen molar-refractivity contribution >= 4 is 17.9 Å². The summed E-state index contributed by atoms with van der Waals surface area (Å²) in [6.07, 6.45) is 1.64. The van der Waals surface area contributed by atoms with Crippen molar-refractivity contribution in [3.05, 3.63) is 41.6 Å². The van der Waals surface area contributed by atoms with Crippen LogP contribution in [-0.4, -0.2) is 29.9 Å². The predicted molar refractivity (Wildman–Crippen MR) is 63.3 cm³/mol. The summed E-state index contributed by atoms with van der Waals surface area (Å²) >= 11 is 0. The van der Waals surface area contributed by atoms with E-state index in [9.17, 15) is 9.59 Å². The first kappa shape index (κ1) is 11.3. The maximum absolute atomic E-state index is 11.9. The monoisotopic (exact) mass is 231 g/mol. The second-order valence-corrected chi connectivity index (χ2v) is 3.70. The van der Waals surface area contributed by atoms with E-state index in [2.05, 4.69) is 5.32 Å². The molecule has 5 heteroatoms. The van der Waals surface area contributed by atoms with Crippen LogP contribution >= 0.6 is 0 Å². The van der Waals surface area contributed by atoms with Crippen molar-refractivity contribution in [2.24, 2.45) is 5.73 Å². The van der Waals surface area contributed by atoms with Gasteiger partial charge in [0, 0.05) is 0 Å². The Kier molecular flexibility index (Phi) is 3.20. The smallest absolute Gasteiger partial charge is 0.271 e. The Balaban J connectivity index is 2.28. The number of hydrogen-bond acceptors (Lipinski definition) is 3. The molecule has 1 aromatic rings. The zero-order valence-electron chi connectivity index (χ0n) is 9.22. The number of nitrogens with two attached hydrogens (primary N) is 1. The largest absolute Gasteiger partial charge is 0.320 e. The zero-order chi connectivity index (χ0) is 12.3. The van der Waals surface area contributed by atoms with Crippen LogP contribution in [0.3, 0.4) is 0 Å². The topological polar surface area (TPSA) is 75.4 Å². The third-order valence-electron chi connectivity index (χ3n) is 2.46. The van der Waals surface area contributed by atoms with Gasteiger partial charge in [-0.25, -0.2) is 0 Å². The average molecular weight is 231 g/mol. The summed E-state index contributed by atoms with van der Waals surface area (Å²) in [5.41, 5.74) is 6.53. The fourth-order valence-electron chi connectivity index (χ4n) is 1.62. The van der Waals surface area contributed by atoms with E-state index in [1.54, 1.807) is 6.08 Å². The van der Waals surface area contributed by atoms with Crippen LogP contribution in [0, 0.1) is 0 Å². The fraction of sp³-hybridized carbons (Fsp3) is 0.167. The molecule has 2 amide bonds. The molecule has 0 atom stereocenters. The molecule has 2 rings (SSSR count). The molecule has 3 N–H and O–H groups in total. The normalized spacial score (nSPS) is 18.4. The quantitative estimate of drug-likeness (QED) is 0.698. The number of rotatable bonds is 2. The molecular weight excluding hydrogens is 218 g/mol. The molecule has 0 saturated carbocycles. The van der Waals surface area contributed by atoms with E-state index in [0.29, 0.717) is 0 Å². The zero-order valence-corrected chi connectivity index (χ0v) is 9.22. The molecule has 1 aliphatic rings. The highest BCUT2D eigenvalue weighted by atomic mass is 16.2. The number of hydrogen-bond donors (Lipinski definition) is 2. The lowest BCUT2D eigenvalue weighted by Gasteiger charge is -2.26. The van der Waals surface area contributed by atoms with Gasteiger partial charge >= 0.3 is 0 Å². The van der Waals surface area contributed by atoms with Gasteiger partial charge in [0.25, 0.3) is 5.91 Å². The second kappa shape index (κ2) is 4.80. The van der Waals surface area contributed by atoms with Gasteiger partial charge in [0.05, 0.1) is 6.67 Å². The van der Waals surface area contributed by atoms with E-state index in [0.717, 1.165) is 5.56 Å². The third-order valence-corrected chi connectivity index (χ3v) is 2.46. The Bertz CT molecular complexity index is 468. The number of carbonyl (C=O) groups excluding carboxylic acids is 2. The number of nitrogens with one attached hydrogen (secondary N) is 1. The molecule has 1 aromatic carbocycles. The first-order valence-corrected chi connectivity index (χ1v) is 5.26. The van der Waals surface area contributed by atoms with Crippen LogP contribution in [-0.2, 0) is 9.59 Å². The van der Waals surface area contributed by atoms with Crippen LogP contribution < -0.4 is 11.1 Å². The van der Waals surface area contributed by atoms with Crippen molar-refractivity contribution in [1.29, 1.82) is 0 Å². The molecule has 0 radical (unpaired) electrons. The summed E-state index contributed by atoms with van der Waals surface area (Å²) in [7, 11) is 0. The van der Waals surface area contributed by atoms with Crippen LogP contribution in [0.15, 0.2) is 36.0 Å². The minimum atomic E-state index is -0.254. The van der Waals surface area contributed by atoms with E-state index in [4.69, 9.17) is 5.73 Å². The first-order valence-electron chi connectivity index (χ1n) is 5.26. The molecule has 1 fully saturated rings. The van der Waals surface area contributed by atoms with Gasteiger partial charge in [-0.05, 0) is 11.6 Å². The van der Waals surface area contributed by atoms with Gasteiger partial charge in [-0.1, -0.05) is 30.3 Å².